The number of hydrogen-bond acceptors (Lipinski definition) is 2. The lowest BCUT2D eigenvalue weighted by Gasteiger charge is -2.24. The molecule has 96 valence electrons. The van der Waals surface area contributed by atoms with Gasteiger partial charge in [-0.1, -0.05) is 6.07 Å². The maximum atomic E-state index is 12.1. The van der Waals surface area contributed by atoms with Crippen LogP contribution in [0.1, 0.15) is 30.9 Å². The van der Waals surface area contributed by atoms with Crippen LogP contribution in [-0.4, -0.2) is 11.7 Å². The van der Waals surface area contributed by atoms with Crippen molar-refractivity contribution in [2.45, 2.75) is 39.3 Å². The molecule has 2 fully saturated rings. The Labute approximate surface area is 107 Å². The zero-order valence-electron chi connectivity index (χ0n) is 11.1. The maximum absolute atomic E-state index is 12.1. The Hall–Kier alpha value is -1.55. The first-order valence-corrected chi connectivity index (χ1v) is 6.47. The maximum Gasteiger partial charge on any atom is 0.338 e. The van der Waals surface area contributed by atoms with Gasteiger partial charge in [0.05, 0.1) is 5.69 Å². The minimum atomic E-state index is -0.282. The molecule has 0 radical (unpaired) electrons. The van der Waals surface area contributed by atoms with Crippen LogP contribution in [0.4, 0.5) is 10.5 Å². The van der Waals surface area contributed by atoms with Crippen molar-refractivity contribution in [2.24, 2.45) is 5.92 Å². The van der Waals surface area contributed by atoms with Crippen molar-refractivity contribution in [1.29, 1.82) is 0 Å². The van der Waals surface area contributed by atoms with E-state index < -0.39 is 0 Å². The van der Waals surface area contributed by atoms with Crippen LogP contribution in [0.15, 0.2) is 18.2 Å². The Bertz CT molecular complexity index is 510. The molecular weight excluding hydrogens is 226 g/mol. The number of rotatable bonds is 2. The predicted molar refractivity (Wildman–Crippen MR) is 71.2 cm³/mol. The van der Waals surface area contributed by atoms with E-state index in [1.54, 1.807) is 5.01 Å². The second-order valence-corrected chi connectivity index (χ2v) is 5.62. The third-order valence-electron chi connectivity index (χ3n) is 4.06. The first-order chi connectivity index (χ1) is 8.49. The lowest BCUT2D eigenvalue weighted by molar-refractivity contribution is 0.245. The normalized spacial score (nSPS) is 27.5. The fourth-order valence-corrected chi connectivity index (χ4v) is 2.49. The van der Waals surface area contributed by atoms with E-state index in [0.29, 0.717) is 5.92 Å². The number of hydrogen-bond donors (Lipinski definition) is 2. The number of urea groups is 1. The van der Waals surface area contributed by atoms with Gasteiger partial charge in [0.25, 0.3) is 0 Å². The van der Waals surface area contributed by atoms with Gasteiger partial charge in [-0.15, -0.1) is 0 Å². The van der Waals surface area contributed by atoms with Gasteiger partial charge < -0.3 is 5.32 Å². The quantitative estimate of drug-likeness (QED) is 0.840. The summed E-state index contributed by atoms with van der Waals surface area (Å²) < 4.78 is 0. The van der Waals surface area contributed by atoms with Crippen molar-refractivity contribution in [2.75, 3.05) is 5.01 Å². The van der Waals surface area contributed by atoms with Crippen molar-refractivity contribution in [1.82, 2.24) is 10.7 Å². The molecule has 3 rings (SSSR count). The number of anilines is 1. The number of carbonyl (C=O) groups is 1. The van der Waals surface area contributed by atoms with Gasteiger partial charge in [-0.2, -0.15) is 0 Å². The standard InChI is InChI=1S/C14H19N3O/c1-9-4-7-12(8-10(9)2)17-13(18)15-14(3,16-17)11-5-6-11/h4,7-8,11,16H,5-6H2,1-3H3,(H,15,18)/t14-/m1/s1. The molecule has 2 aliphatic rings. The number of carbonyl (C=O) groups excluding carboxylic acids is 1. The van der Waals surface area contributed by atoms with Crippen LogP contribution in [0.3, 0.4) is 0 Å². The van der Waals surface area contributed by atoms with E-state index in [1.165, 1.54) is 24.0 Å². The summed E-state index contributed by atoms with van der Waals surface area (Å²) in [7, 11) is 0. The number of amides is 2. The smallest absolute Gasteiger partial charge is 0.317 e. The fraction of sp³-hybridized carbons (Fsp3) is 0.500. The molecule has 2 N–H and O–H groups in total. The van der Waals surface area contributed by atoms with Gasteiger partial charge in [-0.3, -0.25) is 0 Å². The molecule has 1 atom stereocenters. The van der Waals surface area contributed by atoms with Crippen molar-refractivity contribution in [3.8, 4) is 0 Å². The van der Waals surface area contributed by atoms with Gasteiger partial charge in [-0.25, -0.2) is 15.2 Å². The molecule has 1 aromatic carbocycles. The van der Waals surface area contributed by atoms with Gasteiger partial charge in [0.2, 0.25) is 0 Å². The van der Waals surface area contributed by atoms with Crippen molar-refractivity contribution >= 4 is 11.7 Å². The molecule has 0 bridgehead atoms. The first kappa shape index (κ1) is 11.5. The fourth-order valence-electron chi connectivity index (χ4n) is 2.49. The Balaban J connectivity index is 1.88. The topological polar surface area (TPSA) is 44.4 Å². The van der Waals surface area contributed by atoms with Gasteiger partial charge in [0, 0.05) is 0 Å². The van der Waals surface area contributed by atoms with Crippen molar-refractivity contribution in [3.63, 3.8) is 0 Å². The lowest BCUT2D eigenvalue weighted by Crippen LogP contribution is -2.50. The Morgan fingerprint density at radius 1 is 1.28 bits per heavy atom. The molecule has 2 amide bonds. The Morgan fingerprint density at radius 3 is 2.61 bits per heavy atom. The molecule has 1 heterocycles. The molecule has 1 saturated carbocycles. The highest BCUT2D eigenvalue weighted by atomic mass is 16.2. The highest BCUT2D eigenvalue weighted by Gasteiger charge is 2.49. The zero-order chi connectivity index (χ0) is 12.9. The van der Waals surface area contributed by atoms with Gasteiger partial charge in [-0.05, 0) is 62.8 Å². The Kier molecular flexibility index (Phi) is 2.38. The van der Waals surface area contributed by atoms with Crippen molar-refractivity contribution < 1.29 is 4.79 Å². The van der Waals surface area contributed by atoms with E-state index >= 15 is 0 Å². The third-order valence-corrected chi connectivity index (χ3v) is 4.06. The number of nitrogens with zero attached hydrogens (tertiary/aromatic N) is 1. The molecule has 0 aromatic heterocycles. The molecule has 4 nitrogen and oxygen atoms in total. The number of benzene rings is 1. The van der Waals surface area contributed by atoms with Crippen LogP contribution in [-0.2, 0) is 0 Å². The van der Waals surface area contributed by atoms with Gasteiger partial charge in [0.1, 0.15) is 5.66 Å². The number of nitrogens with one attached hydrogen (secondary N) is 2. The van der Waals surface area contributed by atoms with E-state index in [1.807, 2.05) is 18.2 Å². The van der Waals surface area contributed by atoms with Crippen LogP contribution < -0.4 is 15.8 Å². The minimum absolute atomic E-state index is 0.0624. The predicted octanol–water partition coefficient (Wildman–Crippen LogP) is 2.46. The average Bonchev–Trinajstić information content (AvgIpc) is 3.10. The summed E-state index contributed by atoms with van der Waals surface area (Å²) >= 11 is 0. The first-order valence-electron chi connectivity index (χ1n) is 6.47. The third kappa shape index (κ3) is 1.77. The summed E-state index contributed by atoms with van der Waals surface area (Å²) in [5.41, 5.74) is 6.37. The van der Waals surface area contributed by atoms with E-state index in [4.69, 9.17) is 0 Å². The summed E-state index contributed by atoms with van der Waals surface area (Å²) in [5, 5.41) is 4.68. The monoisotopic (exact) mass is 245 g/mol. The second-order valence-electron chi connectivity index (χ2n) is 5.62. The van der Waals surface area contributed by atoms with Crippen LogP contribution in [0.5, 0.6) is 0 Å². The van der Waals surface area contributed by atoms with E-state index in [2.05, 4.69) is 31.5 Å². The number of aryl methyl sites for hydroxylation is 2. The molecule has 18 heavy (non-hydrogen) atoms. The summed E-state index contributed by atoms with van der Waals surface area (Å²) in [6.45, 7) is 6.20. The highest BCUT2D eigenvalue weighted by Crippen LogP contribution is 2.40. The second kappa shape index (κ2) is 3.72. The van der Waals surface area contributed by atoms with Gasteiger partial charge in [0.15, 0.2) is 0 Å². The largest absolute Gasteiger partial charge is 0.338 e. The van der Waals surface area contributed by atoms with E-state index in [-0.39, 0.29) is 11.7 Å². The molecule has 0 unspecified atom stereocenters. The van der Waals surface area contributed by atoms with Crippen LogP contribution >= 0.6 is 0 Å². The van der Waals surface area contributed by atoms with E-state index in [9.17, 15) is 4.79 Å². The van der Waals surface area contributed by atoms with E-state index in [0.717, 1.165) is 5.69 Å². The van der Waals surface area contributed by atoms with Crippen LogP contribution in [0.25, 0.3) is 0 Å². The molecular formula is C14H19N3O. The van der Waals surface area contributed by atoms with Gasteiger partial charge >= 0.3 is 6.03 Å². The lowest BCUT2D eigenvalue weighted by atomic mass is 10.1. The average molecular weight is 245 g/mol. The molecule has 1 aliphatic heterocycles. The minimum Gasteiger partial charge on any atom is -0.317 e. The summed E-state index contributed by atoms with van der Waals surface area (Å²) in [5.74, 6) is 0.554. The summed E-state index contributed by atoms with van der Waals surface area (Å²) in [6, 6.07) is 6.01. The van der Waals surface area contributed by atoms with Crippen LogP contribution in [0.2, 0.25) is 0 Å². The highest BCUT2D eigenvalue weighted by molar-refractivity contribution is 5.94. The SMILES string of the molecule is Cc1ccc(N2N[C@](C)(C3CC3)NC2=O)cc1C. The summed E-state index contributed by atoms with van der Waals surface area (Å²) in [6.07, 6.45) is 2.37. The number of hydrazine groups is 1. The zero-order valence-corrected chi connectivity index (χ0v) is 11.1. The molecule has 0 spiro atoms. The molecule has 1 aliphatic carbocycles. The van der Waals surface area contributed by atoms with Crippen LogP contribution in [0, 0.1) is 19.8 Å². The summed E-state index contributed by atoms with van der Waals surface area (Å²) in [4.78, 5) is 12.1. The molecule has 1 aromatic rings. The molecule has 4 heteroatoms. The van der Waals surface area contributed by atoms with Crippen molar-refractivity contribution in [3.05, 3.63) is 29.3 Å². The Morgan fingerprint density at radius 2 is 2.00 bits per heavy atom. The molecule has 1 saturated heterocycles.